The lowest BCUT2D eigenvalue weighted by atomic mass is 10.1. The Balaban J connectivity index is 0.00000156. The Kier molecular flexibility index (Phi) is 8.73. The smallest absolute Gasteiger partial charge is 0.254 e. The maximum Gasteiger partial charge on any atom is 0.254 e. The van der Waals surface area contributed by atoms with Gasteiger partial charge in [-0.2, -0.15) is 0 Å². The van der Waals surface area contributed by atoms with Gasteiger partial charge in [0.2, 0.25) is 0 Å². The number of hydrogen-bond donors (Lipinski definition) is 1. The molecule has 25 heavy (non-hydrogen) atoms. The Morgan fingerprint density at radius 1 is 1.24 bits per heavy atom. The van der Waals surface area contributed by atoms with E-state index in [1.807, 2.05) is 47.4 Å². The topological polar surface area (TPSA) is 59.2 Å². The van der Waals surface area contributed by atoms with Gasteiger partial charge in [0.1, 0.15) is 5.03 Å². The molecule has 1 aromatic carbocycles. The van der Waals surface area contributed by atoms with Crippen molar-refractivity contribution in [2.45, 2.75) is 29.3 Å². The standard InChI is InChI=1S/C18H21N3OS.2ClH/c1-13-10-14(11-19)12-21(13)18(22)15-5-7-16(8-6-15)23-17-4-2-3-9-20-17;;/h2-9,13-14H,10-12,19H2,1H3;2*1H. The SMILES string of the molecule is CC1CC(CN)CN1C(=O)c1ccc(Sc2ccccn2)cc1.Cl.Cl. The van der Waals surface area contributed by atoms with Crippen LogP contribution in [0.5, 0.6) is 0 Å². The number of carbonyl (C=O) groups is 1. The van der Waals surface area contributed by atoms with Crippen LogP contribution in [0.15, 0.2) is 58.6 Å². The molecule has 1 saturated heterocycles. The van der Waals surface area contributed by atoms with E-state index in [0.29, 0.717) is 12.5 Å². The highest BCUT2D eigenvalue weighted by Crippen LogP contribution is 2.27. The first-order chi connectivity index (χ1) is 11.2. The summed E-state index contributed by atoms with van der Waals surface area (Å²) in [5, 5.41) is 0.950. The van der Waals surface area contributed by atoms with Gasteiger partial charge in [-0.15, -0.1) is 24.8 Å². The van der Waals surface area contributed by atoms with Crippen LogP contribution in [-0.4, -0.2) is 34.9 Å². The summed E-state index contributed by atoms with van der Waals surface area (Å²) in [5.41, 5.74) is 6.48. The predicted molar refractivity (Wildman–Crippen MR) is 107 cm³/mol. The van der Waals surface area contributed by atoms with Crippen molar-refractivity contribution in [2.75, 3.05) is 13.1 Å². The van der Waals surface area contributed by atoms with Crippen molar-refractivity contribution in [1.82, 2.24) is 9.88 Å². The Morgan fingerprint density at radius 3 is 2.52 bits per heavy atom. The Bertz CT molecular complexity index is 670. The maximum absolute atomic E-state index is 12.7. The van der Waals surface area contributed by atoms with Crippen LogP contribution < -0.4 is 5.73 Å². The molecule has 0 aliphatic carbocycles. The second-order valence-electron chi connectivity index (χ2n) is 5.94. The third-order valence-electron chi connectivity index (χ3n) is 4.22. The van der Waals surface area contributed by atoms with Gasteiger partial charge in [0.05, 0.1) is 0 Å². The van der Waals surface area contributed by atoms with Crippen LogP contribution in [0.4, 0.5) is 0 Å². The zero-order valence-electron chi connectivity index (χ0n) is 14.0. The average molecular weight is 400 g/mol. The van der Waals surface area contributed by atoms with Gasteiger partial charge in [0.15, 0.2) is 0 Å². The van der Waals surface area contributed by atoms with Crippen LogP contribution in [0.1, 0.15) is 23.7 Å². The summed E-state index contributed by atoms with van der Waals surface area (Å²) in [4.78, 5) is 20.0. The highest BCUT2D eigenvalue weighted by molar-refractivity contribution is 7.99. The molecule has 2 aromatic rings. The molecule has 1 aromatic heterocycles. The number of halogens is 2. The van der Waals surface area contributed by atoms with Crippen LogP contribution in [0.3, 0.4) is 0 Å². The van der Waals surface area contributed by atoms with Crippen molar-refractivity contribution in [1.29, 1.82) is 0 Å². The zero-order chi connectivity index (χ0) is 16.2. The summed E-state index contributed by atoms with van der Waals surface area (Å²) in [6.07, 6.45) is 2.78. The number of nitrogens with two attached hydrogens (primary N) is 1. The van der Waals surface area contributed by atoms with Crippen molar-refractivity contribution >= 4 is 42.5 Å². The maximum atomic E-state index is 12.7. The summed E-state index contributed by atoms with van der Waals surface area (Å²) in [7, 11) is 0. The van der Waals surface area contributed by atoms with Gasteiger partial charge in [0, 0.05) is 29.2 Å². The Hall–Kier alpha value is -1.27. The van der Waals surface area contributed by atoms with E-state index in [9.17, 15) is 4.79 Å². The molecule has 0 bridgehead atoms. The van der Waals surface area contributed by atoms with Crippen LogP contribution >= 0.6 is 36.6 Å². The minimum Gasteiger partial charge on any atom is -0.336 e. The summed E-state index contributed by atoms with van der Waals surface area (Å²) >= 11 is 1.59. The number of hydrogen-bond acceptors (Lipinski definition) is 4. The van der Waals surface area contributed by atoms with Crippen LogP contribution in [0, 0.1) is 5.92 Å². The quantitative estimate of drug-likeness (QED) is 0.846. The molecule has 2 heterocycles. The normalized spacial score (nSPS) is 19.0. The minimum atomic E-state index is 0. The highest BCUT2D eigenvalue weighted by atomic mass is 35.5. The van der Waals surface area contributed by atoms with Crippen molar-refractivity contribution in [3.63, 3.8) is 0 Å². The second kappa shape index (κ2) is 10.0. The van der Waals surface area contributed by atoms with Gasteiger partial charge in [-0.25, -0.2) is 4.98 Å². The first-order valence-corrected chi connectivity index (χ1v) is 8.69. The lowest BCUT2D eigenvalue weighted by Crippen LogP contribution is -2.34. The van der Waals surface area contributed by atoms with E-state index in [2.05, 4.69) is 11.9 Å². The molecule has 2 N–H and O–H groups in total. The third-order valence-corrected chi connectivity index (χ3v) is 5.18. The molecule has 3 rings (SSSR count). The molecule has 1 aliphatic rings. The van der Waals surface area contributed by atoms with E-state index in [1.165, 1.54) is 0 Å². The number of likely N-dealkylation sites (tertiary alicyclic amines) is 1. The molecular formula is C18H23Cl2N3OS. The lowest BCUT2D eigenvalue weighted by Gasteiger charge is -2.21. The van der Waals surface area contributed by atoms with Gasteiger partial charge >= 0.3 is 0 Å². The van der Waals surface area contributed by atoms with Crippen molar-refractivity contribution in [3.8, 4) is 0 Å². The van der Waals surface area contributed by atoms with Crippen molar-refractivity contribution < 1.29 is 4.79 Å². The van der Waals surface area contributed by atoms with Gasteiger partial charge in [-0.1, -0.05) is 17.8 Å². The van der Waals surface area contributed by atoms with Gasteiger partial charge in [-0.3, -0.25) is 4.79 Å². The first kappa shape index (κ1) is 21.8. The molecule has 7 heteroatoms. The molecule has 1 fully saturated rings. The van der Waals surface area contributed by atoms with Crippen molar-refractivity contribution in [3.05, 3.63) is 54.2 Å². The van der Waals surface area contributed by atoms with Gasteiger partial charge in [0.25, 0.3) is 5.91 Å². The second-order valence-corrected chi connectivity index (χ2v) is 7.03. The third kappa shape index (κ3) is 5.35. The number of pyridine rings is 1. The summed E-state index contributed by atoms with van der Waals surface area (Å²) in [5.74, 6) is 0.524. The average Bonchev–Trinajstić information content (AvgIpc) is 2.97. The number of nitrogens with zero attached hydrogens (tertiary/aromatic N) is 2. The van der Waals surface area contributed by atoms with E-state index < -0.39 is 0 Å². The van der Waals surface area contributed by atoms with Crippen LogP contribution in [-0.2, 0) is 0 Å². The number of amides is 1. The monoisotopic (exact) mass is 399 g/mol. The summed E-state index contributed by atoms with van der Waals surface area (Å²) in [6, 6.07) is 13.9. The molecule has 1 aliphatic heterocycles. The predicted octanol–water partition coefficient (Wildman–Crippen LogP) is 3.89. The fraction of sp³-hybridized carbons (Fsp3) is 0.333. The molecule has 0 saturated carbocycles. The minimum absolute atomic E-state index is 0. The fourth-order valence-corrected chi connectivity index (χ4v) is 3.73. The molecular weight excluding hydrogens is 377 g/mol. The van der Waals surface area contributed by atoms with E-state index in [4.69, 9.17) is 5.73 Å². The van der Waals surface area contributed by atoms with Crippen molar-refractivity contribution in [2.24, 2.45) is 11.7 Å². The number of aromatic nitrogens is 1. The number of benzene rings is 1. The van der Waals surface area contributed by atoms with E-state index in [1.54, 1.807) is 18.0 Å². The zero-order valence-corrected chi connectivity index (χ0v) is 16.4. The van der Waals surface area contributed by atoms with E-state index >= 15 is 0 Å². The van der Waals surface area contributed by atoms with E-state index in [0.717, 1.165) is 28.5 Å². The summed E-state index contributed by atoms with van der Waals surface area (Å²) < 4.78 is 0. The Morgan fingerprint density at radius 2 is 1.96 bits per heavy atom. The molecule has 0 radical (unpaired) electrons. The molecule has 136 valence electrons. The Labute approximate surface area is 165 Å². The molecule has 2 unspecified atom stereocenters. The van der Waals surface area contributed by atoms with Gasteiger partial charge < -0.3 is 10.6 Å². The lowest BCUT2D eigenvalue weighted by molar-refractivity contribution is 0.0743. The van der Waals surface area contributed by atoms with Gasteiger partial charge in [-0.05, 0) is 62.2 Å². The first-order valence-electron chi connectivity index (χ1n) is 7.87. The molecule has 2 atom stereocenters. The largest absolute Gasteiger partial charge is 0.336 e. The highest BCUT2D eigenvalue weighted by Gasteiger charge is 2.31. The van der Waals surface area contributed by atoms with Crippen LogP contribution in [0.2, 0.25) is 0 Å². The fourth-order valence-electron chi connectivity index (χ4n) is 2.96. The molecule has 4 nitrogen and oxygen atoms in total. The number of carbonyl (C=O) groups excluding carboxylic acids is 1. The molecule has 1 amide bonds. The molecule has 0 spiro atoms. The summed E-state index contributed by atoms with van der Waals surface area (Å²) in [6.45, 7) is 3.51. The van der Waals surface area contributed by atoms with Crippen LogP contribution in [0.25, 0.3) is 0 Å². The van der Waals surface area contributed by atoms with E-state index in [-0.39, 0.29) is 36.8 Å². The number of rotatable bonds is 4.